The summed E-state index contributed by atoms with van der Waals surface area (Å²) < 4.78 is 12.1. The van der Waals surface area contributed by atoms with Crippen LogP contribution in [0.25, 0.3) is 6.08 Å². The Balaban J connectivity index is 2.23. The molecule has 0 saturated carbocycles. The molecule has 6 heteroatoms. The molecule has 0 unspecified atom stereocenters. The Morgan fingerprint density at radius 3 is 2.47 bits per heavy atom. The topological polar surface area (TPSA) is 59.2 Å². The third-order valence-electron chi connectivity index (χ3n) is 3.80. The summed E-state index contributed by atoms with van der Waals surface area (Å²) in [6, 6.07) is 0. The average Bonchev–Trinajstić information content (AvgIpc) is 2.85. The molecule has 104 valence electrons. The van der Waals surface area contributed by atoms with Crippen molar-refractivity contribution in [2.24, 2.45) is 0 Å². The van der Waals surface area contributed by atoms with Crippen molar-refractivity contribution < 1.29 is 9.31 Å². The van der Waals surface area contributed by atoms with Gasteiger partial charge in [-0.05, 0) is 46.3 Å². The quantitative estimate of drug-likeness (QED) is 0.811. The van der Waals surface area contributed by atoms with Crippen LogP contribution < -0.4 is 5.32 Å². The van der Waals surface area contributed by atoms with Crippen LogP contribution in [0.15, 0.2) is 18.0 Å². The number of imidazole rings is 1. The highest BCUT2D eigenvalue weighted by Gasteiger charge is 2.52. The number of nitrogens with zero attached hydrogens (tertiary/aromatic N) is 1. The van der Waals surface area contributed by atoms with Gasteiger partial charge < -0.3 is 19.6 Å². The van der Waals surface area contributed by atoms with Gasteiger partial charge in [0.15, 0.2) is 0 Å². The van der Waals surface area contributed by atoms with Crippen molar-refractivity contribution in [2.75, 3.05) is 13.6 Å². The van der Waals surface area contributed by atoms with Gasteiger partial charge in [-0.1, -0.05) is 0 Å². The van der Waals surface area contributed by atoms with Crippen molar-refractivity contribution in [3.8, 4) is 0 Å². The summed E-state index contributed by atoms with van der Waals surface area (Å²) in [7, 11) is 1.58. The van der Waals surface area contributed by atoms with Gasteiger partial charge in [0.2, 0.25) is 0 Å². The van der Waals surface area contributed by atoms with Gasteiger partial charge in [-0.25, -0.2) is 4.98 Å². The molecule has 0 aliphatic carbocycles. The van der Waals surface area contributed by atoms with Gasteiger partial charge in [0.05, 0.1) is 29.4 Å². The summed E-state index contributed by atoms with van der Waals surface area (Å²) in [4.78, 5) is 7.08. The number of rotatable bonds is 4. The van der Waals surface area contributed by atoms with Crippen LogP contribution in [-0.2, 0) is 9.31 Å². The largest absolute Gasteiger partial charge is 0.491 e. The molecule has 0 bridgehead atoms. The van der Waals surface area contributed by atoms with Crippen LogP contribution in [0.5, 0.6) is 0 Å². The van der Waals surface area contributed by atoms with E-state index in [1.54, 1.807) is 12.5 Å². The fourth-order valence-corrected chi connectivity index (χ4v) is 1.95. The highest BCUT2D eigenvalue weighted by atomic mass is 16.7. The molecule has 0 spiro atoms. The fraction of sp³-hybridized carbons (Fsp3) is 0.615. The van der Waals surface area contributed by atoms with Crippen molar-refractivity contribution >= 4 is 13.2 Å². The molecule has 1 saturated heterocycles. The number of nitrogens with one attached hydrogen (secondary N) is 2. The van der Waals surface area contributed by atoms with Gasteiger partial charge in [-0.15, -0.1) is 0 Å². The van der Waals surface area contributed by atoms with Crippen LogP contribution in [0.2, 0.25) is 0 Å². The van der Waals surface area contributed by atoms with Crippen molar-refractivity contribution in [1.82, 2.24) is 15.3 Å². The molecule has 2 N–H and O–H groups in total. The summed E-state index contributed by atoms with van der Waals surface area (Å²) in [5.41, 5.74) is 1.35. The van der Waals surface area contributed by atoms with E-state index in [0.29, 0.717) is 6.54 Å². The maximum Gasteiger partial charge on any atom is 0.491 e. The Labute approximate surface area is 114 Å². The van der Waals surface area contributed by atoms with Crippen molar-refractivity contribution in [3.05, 3.63) is 23.7 Å². The third kappa shape index (κ3) is 2.91. The molecule has 0 radical (unpaired) electrons. The lowest BCUT2D eigenvalue weighted by atomic mass is 9.77. The molecule has 5 nitrogen and oxygen atoms in total. The maximum atomic E-state index is 6.06. The van der Waals surface area contributed by atoms with E-state index in [9.17, 15) is 0 Å². The fourth-order valence-electron chi connectivity index (χ4n) is 1.95. The normalized spacial score (nSPS) is 21.9. The first-order valence-corrected chi connectivity index (χ1v) is 6.55. The first kappa shape index (κ1) is 14.3. The number of likely N-dealkylation sites (N-methyl/N-ethyl adjacent to an activating group) is 1. The van der Waals surface area contributed by atoms with Crippen LogP contribution in [0.1, 0.15) is 33.4 Å². The SMILES string of the molecule is CNCC(=Cc1cnc[nH]1)B1OC(C)(C)C(C)(C)O1. The molecule has 1 aromatic heterocycles. The van der Waals surface area contributed by atoms with Crippen molar-refractivity contribution in [3.63, 3.8) is 0 Å². The molecule has 19 heavy (non-hydrogen) atoms. The van der Waals surface area contributed by atoms with Gasteiger partial charge in [-0.2, -0.15) is 0 Å². The lowest BCUT2D eigenvalue weighted by Gasteiger charge is -2.32. The average molecular weight is 263 g/mol. The first-order valence-electron chi connectivity index (χ1n) is 6.55. The van der Waals surface area contributed by atoms with E-state index in [-0.39, 0.29) is 18.3 Å². The van der Waals surface area contributed by atoms with Crippen LogP contribution in [0.3, 0.4) is 0 Å². The Morgan fingerprint density at radius 2 is 2.00 bits per heavy atom. The van der Waals surface area contributed by atoms with E-state index < -0.39 is 0 Å². The van der Waals surface area contributed by atoms with E-state index in [2.05, 4.69) is 43.0 Å². The number of hydrogen-bond donors (Lipinski definition) is 2. The lowest BCUT2D eigenvalue weighted by molar-refractivity contribution is 0.00578. The summed E-state index contributed by atoms with van der Waals surface area (Å²) >= 11 is 0. The minimum atomic E-state index is -0.333. The second-order valence-corrected chi connectivity index (χ2v) is 5.84. The number of aromatic amines is 1. The van der Waals surface area contributed by atoms with Crippen LogP contribution in [0.4, 0.5) is 0 Å². The number of hydrogen-bond acceptors (Lipinski definition) is 4. The predicted octanol–water partition coefficient (Wildman–Crippen LogP) is 1.64. The van der Waals surface area contributed by atoms with Gasteiger partial charge >= 0.3 is 7.12 Å². The summed E-state index contributed by atoms with van der Waals surface area (Å²) in [6.45, 7) is 8.93. The molecule has 2 rings (SSSR count). The highest BCUT2D eigenvalue weighted by molar-refractivity contribution is 6.55. The standard InChI is InChI=1S/C13H22BN3O2/c1-12(2)13(3,4)19-14(18-12)10(7-15-5)6-11-8-16-9-17-11/h6,8-9,15H,7H2,1-5H3,(H,16,17). The Bertz CT molecular complexity index is 438. The first-order chi connectivity index (χ1) is 8.86. The molecule has 1 aliphatic rings. The van der Waals surface area contributed by atoms with Gasteiger partial charge in [0, 0.05) is 6.54 Å². The zero-order valence-corrected chi connectivity index (χ0v) is 12.3. The smallest absolute Gasteiger partial charge is 0.400 e. The summed E-state index contributed by atoms with van der Waals surface area (Å²) in [5, 5.41) is 3.15. The molecule has 1 aliphatic heterocycles. The zero-order chi connectivity index (χ0) is 14.1. The summed E-state index contributed by atoms with van der Waals surface area (Å²) in [6.07, 6.45) is 5.46. The van der Waals surface area contributed by atoms with E-state index >= 15 is 0 Å². The van der Waals surface area contributed by atoms with Crippen molar-refractivity contribution in [2.45, 2.75) is 38.9 Å². The Hall–Kier alpha value is -1.11. The van der Waals surface area contributed by atoms with Crippen LogP contribution >= 0.6 is 0 Å². The molecule has 0 aromatic carbocycles. The van der Waals surface area contributed by atoms with E-state index in [0.717, 1.165) is 11.2 Å². The minimum absolute atomic E-state index is 0.321. The van der Waals surface area contributed by atoms with Crippen LogP contribution in [0, 0.1) is 0 Å². The predicted molar refractivity (Wildman–Crippen MR) is 76.6 cm³/mol. The van der Waals surface area contributed by atoms with E-state index in [1.807, 2.05) is 13.1 Å². The maximum absolute atomic E-state index is 6.06. The third-order valence-corrected chi connectivity index (χ3v) is 3.80. The summed E-state index contributed by atoms with van der Waals surface area (Å²) in [5.74, 6) is 0. The zero-order valence-electron chi connectivity index (χ0n) is 12.3. The van der Waals surface area contributed by atoms with Gasteiger partial charge in [0.25, 0.3) is 0 Å². The van der Waals surface area contributed by atoms with E-state index in [1.165, 1.54) is 0 Å². The second kappa shape index (κ2) is 5.11. The molecule has 0 amide bonds. The Morgan fingerprint density at radius 1 is 1.37 bits per heavy atom. The number of aromatic nitrogens is 2. The molecule has 0 atom stereocenters. The minimum Gasteiger partial charge on any atom is -0.400 e. The van der Waals surface area contributed by atoms with Crippen molar-refractivity contribution in [1.29, 1.82) is 0 Å². The van der Waals surface area contributed by atoms with E-state index in [4.69, 9.17) is 9.31 Å². The molecule has 1 aromatic rings. The highest BCUT2D eigenvalue weighted by Crippen LogP contribution is 2.38. The van der Waals surface area contributed by atoms with Gasteiger partial charge in [-0.3, -0.25) is 0 Å². The second-order valence-electron chi connectivity index (χ2n) is 5.84. The molecule has 2 heterocycles. The van der Waals surface area contributed by atoms with Gasteiger partial charge in [0.1, 0.15) is 0 Å². The molecule has 1 fully saturated rings. The van der Waals surface area contributed by atoms with Crippen LogP contribution in [-0.4, -0.2) is 41.9 Å². The molecular formula is C13H22BN3O2. The molecular weight excluding hydrogens is 241 g/mol. The number of H-pyrrole nitrogens is 1. The Kier molecular flexibility index (Phi) is 3.85. The monoisotopic (exact) mass is 263 g/mol. The lowest BCUT2D eigenvalue weighted by Crippen LogP contribution is -2.41.